The number of hydrogen-bond donors (Lipinski definition) is 1. The number of halogens is 3. The molecule has 0 bridgehead atoms. The third-order valence-electron chi connectivity index (χ3n) is 2.39. The van der Waals surface area contributed by atoms with Gasteiger partial charge < -0.3 is 5.32 Å². The summed E-state index contributed by atoms with van der Waals surface area (Å²) < 4.78 is 13.2. The standard InChI is InChI=1S/C10H11Cl2FN2/c11-8-3-7(4-9(12)15-8)5-14-6-10(13)1-2-10/h3-4,14H,1-2,5-6H2. The predicted molar refractivity (Wildman–Crippen MR) is 59.0 cm³/mol. The molecule has 2 nitrogen and oxygen atoms in total. The topological polar surface area (TPSA) is 24.9 Å². The summed E-state index contributed by atoms with van der Waals surface area (Å²) in [5.74, 6) is 0. The Morgan fingerprint density at radius 1 is 1.33 bits per heavy atom. The molecule has 1 N–H and O–H groups in total. The molecular weight excluding hydrogens is 238 g/mol. The maximum Gasteiger partial charge on any atom is 0.131 e. The number of nitrogens with zero attached hydrogens (tertiary/aromatic N) is 1. The maximum absolute atomic E-state index is 13.2. The Morgan fingerprint density at radius 3 is 2.47 bits per heavy atom. The van der Waals surface area contributed by atoms with Crippen LogP contribution in [0.2, 0.25) is 10.3 Å². The lowest BCUT2D eigenvalue weighted by atomic mass is 10.2. The minimum atomic E-state index is -0.972. The predicted octanol–water partition coefficient (Wildman–Crippen LogP) is 2.98. The molecule has 1 saturated carbocycles. The van der Waals surface area contributed by atoms with Crippen molar-refractivity contribution in [2.45, 2.75) is 25.1 Å². The highest BCUT2D eigenvalue weighted by Gasteiger charge is 2.42. The Bertz CT molecular complexity index is 346. The van der Waals surface area contributed by atoms with Crippen LogP contribution in [0, 0.1) is 0 Å². The maximum atomic E-state index is 13.2. The van der Waals surface area contributed by atoms with Crippen LogP contribution in [-0.4, -0.2) is 17.2 Å². The molecule has 0 aromatic carbocycles. The zero-order chi connectivity index (χ0) is 10.9. The molecule has 0 saturated heterocycles. The molecule has 2 rings (SSSR count). The molecule has 0 spiro atoms. The van der Waals surface area contributed by atoms with E-state index in [1.165, 1.54) is 0 Å². The highest BCUT2D eigenvalue weighted by Crippen LogP contribution is 2.38. The second-order valence-corrected chi connectivity index (χ2v) is 4.65. The average Bonchev–Trinajstić information content (AvgIpc) is 2.82. The van der Waals surface area contributed by atoms with Crippen LogP contribution in [0.5, 0.6) is 0 Å². The van der Waals surface area contributed by atoms with Gasteiger partial charge in [0.15, 0.2) is 0 Å². The Kier molecular flexibility index (Phi) is 3.14. The number of pyridine rings is 1. The van der Waals surface area contributed by atoms with Crippen LogP contribution in [0.1, 0.15) is 18.4 Å². The normalized spacial score (nSPS) is 17.8. The number of aromatic nitrogens is 1. The Morgan fingerprint density at radius 2 is 1.93 bits per heavy atom. The lowest BCUT2D eigenvalue weighted by Crippen LogP contribution is -2.24. The number of rotatable bonds is 4. The fraction of sp³-hybridized carbons (Fsp3) is 0.500. The van der Waals surface area contributed by atoms with Crippen LogP contribution in [0.15, 0.2) is 12.1 Å². The Hall–Kier alpha value is -0.380. The molecule has 0 amide bonds. The summed E-state index contributed by atoms with van der Waals surface area (Å²) in [7, 11) is 0. The smallest absolute Gasteiger partial charge is 0.131 e. The first-order valence-corrected chi connectivity index (χ1v) is 5.55. The van der Waals surface area contributed by atoms with Crippen LogP contribution in [0.3, 0.4) is 0 Å². The van der Waals surface area contributed by atoms with Gasteiger partial charge in [-0.25, -0.2) is 9.37 Å². The van der Waals surface area contributed by atoms with Crippen LogP contribution in [-0.2, 0) is 6.54 Å². The van der Waals surface area contributed by atoms with Crippen molar-refractivity contribution in [1.29, 1.82) is 0 Å². The molecule has 82 valence electrons. The van der Waals surface area contributed by atoms with E-state index in [0.717, 1.165) is 5.56 Å². The summed E-state index contributed by atoms with van der Waals surface area (Å²) in [6.45, 7) is 0.957. The van der Waals surface area contributed by atoms with Crippen molar-refractivity contribution in [2.24, 2.45) is 0 Å². The third-order valence-corrected chi connectivity index (χ3v) is 2.77. The van der Waals surface area contributed by atoms with Crippen LogP contribution < -0.4 is 5.32 Å². The second-order valence-electron chi connectivity index (χ2n) is 3.88. The largest absolute Gasteiger partial charge is 0.309 e. The molecule has 1 heterocycles. The van der Waals surface area contributed by atoms with Crippen molar-refractivity contribution >= 4 is 23.2 Å². The minimum Gasteiger partial charge on any atom is -0.309 e. The summed E-state index contributed by atoms with van der Waals surface area (Å²) in [6, 6.07) is 3.44. The van der Waals surface area contributed by atoms with Crippen molar-refractivity contribution in [3.63, 3.8) is 0 Å². The van der Waals surface area contributed by atoms with Crippen molar-refractivity contribution in [1.82, 2.24) is 10.3 Å². The SMILES string of the molecule is FC1(CNCc2cc(Cl)nc(Cl)c2)CC1. The average molecular weight is 249 g/mol. The molecule has 15 heavy (non-hydrogen) atoms. The van der Waals surface area contributed by atoms with Gasteiger partial charge in [-0.05, 0) is 30.5 Å². The van der Waals surface area contributed by atoms with Crippen LogP contribution >= 0.6 is 23.2 Å². The van der Waals surface area contributed by atoms with Crippen LogP contribution in [0.4, 0.5) is 4.39 Å². The van der Waals surface area contributed by atoms with E-state index in [2.05, 4.69) is 10.3 Å². The van der Waals surface area contributed by atoms with Gasteiger partial charge in [-0.3, -0.25) is 0 Å². The first-order chi connectivity index (χ1) is 7.07. The molecule has 1 aliphatic carbocycles. The van der Waals surface area contributed by atoms with E-state index in [4.69, 9.17) is 23.2 Å². The highest BCUT2D eigenvalue weighted by atomic mass is 35.5. The van der Waals surface area contributed by atoms with Crippen molar-refractivity contribution in [3.8, 4) is 0 Å². The van der Waals surface area contributed by atoms with Gasteiger partial charge in [0.25, 0.3) is 0 Å². The summed E-state index contributed by atoms with van der Waals surface area (Å²) in [5.41, 5.74) is -0.0510. The van der Waals surface area contributed by atoms with Gasteiger partial charge in [0.05, 0.1) is 0 Å². The quantitative estimate of drug-likeness (QED) is 0.830. The van der Waals surface area contributed by atoms with Gasteiger partial charge >= 0.3 is 0 Å². The molecule has 5 heteroatoms. The zero-order valence-electron chi connectivity index (χ0n) is 8.06. The summed E-state index contributed by atoms with van der Waals surface area (Å²) in [4.78, 5) is 3.83. The Labute approximate surface area is 97.8 Å². The molecule has 1 aromatic rings. The summed E-state index contributed by atoms with van der Waals surface area (Å²) >= 11 is 11.5. The van der Waals surface area contributed by atoms with Gasteiger partial charge in [-0.2, -0.15) is 0 Å². The second kappa shape index (κ2) is 4.24. The monoisotopic (exact) mass is 248 g/mol. The lowest BCUT2D eigenvalue weighted by Gasteiger charge is -2.07. The fourth-order valence-corrected chi connectivity index (χ4v) is 1.87. The van der Waals surface area contributed by atoms with Gasteiger partial charge in [0, 0.05) is 13.1 Å². The molecule has 1 aromatic heterocycles. The minimum absolute atomic E-state index is 0.362. The van der Waals surface area contributed by atoms with Gasteiger partial charge in [-0.1, -0.05) is 23.2 Å². The zero-order valence-corrected chi connectivity index (χ0v) is 9.58. The van der Waals surface area contributed by atoms with E-state index in [1.807, 2.05) is 0 Å². The molecule has 0 unspecified atom stereocenters. The molecular formula is C10H11Cl2FN2. The number of nitrogens with one attached hydrogen (secondary N) is 1. The molecule has 0 aliphatic heterocycles. The van der Waals surface area contributed by atoms with E-state index < -0.39 is 5.67 Å². The summed E-state index contributed by atoms with van der Waals surface area (Å²) in [6.07, 6.45) is 1.33. The third kappa shape index (κ3) is 3.30. The number of hydrogen-bond acceptors (Lipinski definition) is 2. The fourth-order valence-electron chi connectivity index (χ4n) is 1.36. The summed E-state index contributed by atoms with van der Waals surface area (Å²) in [5, 5.41) is 3.76. The van der Waals surface area contributed by atoms with Crippen molar-refractivity contribution < 1.29 is 4.39 Å². The lowest BCUT2D eigenvalue weighted by molar-refractivity contribution is 0.295. The molecule has 1 fully saturated rings. The highest BCUT2D eigenvalue weighted by molar-refractivity contribution is 6.32. The van der Waals surface area contributed by atoms with Gasteiger partial charge in [-0.15, -0.1) is 0 Å². The first-order valence-electron chi connectivity index (χ1n) is 4.79. The van der Waals surface area contributed by atoms with E-state index >= 15 is 0 Å². The van der Waals surface area contributed by atoms with E-state index in [9.17, 15) is 4.39 Å². The van der Waals surface area contributed by atoms with E-state index in [0.29, 0.717) is 36.2 Å². The molecule has 1 aliphatic rings. The Balaban J connectivity index is 1.87. The number of alkyl halides is 1. The van der Waals surface area contributed by atoms with Crippen LogP contribution in [0.25, 0.3) is 0 Å². The van der Waals surface area contributed by atoms with Crippen molar-refractivity contribution in [2.75, 3.05) is 6.54 Å². The van der Waals surface area contributed by atoms with E-state index in [-0.39, 0.29) is 0 Å². The first kappa shape index (κ1) is 11.1. The van der Waals surface area contributed by atoms with E-state index in [1.54, 1.807) is 12.1 Å². The van der Waals surface area contributed by atoms with Gasteiger partial charge in [0.1, 0.15) is 16.0 Å². The molecule has 0 radical (unpaired) electrons. The van der Waals surface area contributed by atoms with Crippen molar-refractivity contribution in [3.05, 3.63) is 28.0 Å². The molecule has 0 atom stereocenters. The van der Waals surface area contributed by atoms with Gasteiger partial charge in [0.2, 0.25) is 0 Å².